The summed E-state index contributed by atoms with van der Waals surface area (Å²) in [5.74, 6) is 0.592. The number of aromatic nitrogens is 1. The Kier molecular flexibility index (Phi) is 5.43. The van der Waals surface area contributed by atoms with Gasteiger partial charge in [-0.25, -0.2) is 0 Å². The highest BCUT2D eigenvalue weighted by Gasteiger charge is 2.28. The molecule has 0 bridgehead atoms. The second-order valence-electron chi connectivity index (χ2n) is 6.52. The first-order valence-electron chi connectivity index (χ1n) is 9.03. The van der Waals surface area contributed by atoms with Crippen molar-refractivity contribution in [2.45, 2.75) is 0 Å². The minimum Gasteiger partial charge on any atom is -0.419 e. The third-order valence-corrected chi connectivity index (χ3v) is 5.44. The first-order valence-corrected chi connectivity index (χ1v) is 9.78. The van der Waals surface area contributed by atoms with Crippen molar-refractivity contribution in [2.75, 3.05) is 31.1 Å². The predicted octanol–water partition coefficient (Wildman–Crippen LogP) is 4.48. The number of hydrogen-bond donors (Lipinski definition) is 0. The Morgan fingerprint density at radius 2 is 1.66 bits per heavy atom. The van der Waals surface area contributed by atoms with Crippen molar-refractivity contribution < 1.29 is 9.21 Å². The number of nitriles is 1. The SMILES string of the molecule is N#Cc1nc(-c2ccccc2Cl)oc1N1CCN(C(=O)c2ccccc2Cl)CC1. The first kappa shape index (κ1) is 19.3. The Balaban J connectivity index is 1.52. The van der Waals surface area contributed by atoms with Gasteiger partial charge in [0.2, 0.25) is 17.5 Å². The van der Waals surface area contributed by atoms with Crippen molar-refractivity contribution in [2.24, 2.45) is 0 Å². The van der Waals surface area contributed by atoms with Crippen LogP contribution in [-0.4, -0.2) is 42.0 Å². The molecule has 1 fully saturated rings. The van der Waals surface area contributed by atoms with Crippen molar-refractivity contribution >= 4 is 35.0 Å². The average Bonchev–Trinajstić information content (AvgIpc) is 3.18. The Bertz CT molecular complexity index is 1100. The maximum Gasteiger partial charge on any atom is 0.255 e. The summed E-state index contributed by atoms with van der Waals surface area (Å²) in [6.07, 6.45) is 0. The largest absolute Gasteiger partial charge is 0.419 e. The number of amides is 1. The molecule has 4 rings (SSSR count). The Morgan fingerprint density at radius 3 is 2.31 bits per heavy atom. The van der Waals surface area contributed by atoms with Gasteiger partial charge in [-0.3, -0.25) is 4.79 Å². The summed E-state index contributed by atoms with van der Waals surface area (Å²) in [6.45, 7) is 2.00. The lowest BCUT2D eigenvalue weighted by Crippen LogP contribution is -2.49. The third-order valence-electron chi connectivity index (χ3n) is 4.78. The summed E-state index contributed by atoms with van der Waals surface area (Å²) in [4.78, 5) is 20.7. The van der Waals surface area contributed by atoms with Gasteiger partial charge < -0.3 is 14.2 Å². The Morgan fingerprint density at radius 1 is 1.00 bits per heavy atom. The molecule has 3 aromatic rings. The summed E-state index contributed by atoms with van der Waals surface area (Å²) in [7, 11) is 0. The molecule has 1 aliphatic heterocycles. The van der Waals surface area contributed by atoms with Crippen LogP contribution in [0.5, 0.6) is 0 Å². The molecule has 0 saturated carbocycles. The molecule has 6 nitrogen and oxygen atoms in total. The van der Waals surface area contributed by atoms with Crippen molar-refractivity contribution in [3.8, 4) is 17.5 Å². The molecule has 1 aliphatic rings. The number of hydrogen-bond acceptors (Lipinski definition) is 5. The van der Waals surface area contributed by atoms with E-state index in [1.807, 2.05) is 17.0 Å². The van der Waals surface area contributed by atoms with Crippen LogP contribution in [0.25, 0.3) is 11.5 Å². The smallest absolute Gasteiger partial charge is 0.255 e. The van der Waals surface area contributed by atoms with Gasteiger partial charge in [0.15, 0.2) is 0 Å². The second kappa shape index (κ2) is 8.16. The van der Waals surface area contributed by atoms with Gasteiger partial charge >= 0.3 is 0 Å². The highest BCUT2D eigenvalue weighted by molar-refractivity contribution is 6.34. The van der Waals surface area contributed by atoms with E-state index in [9.17, 15) is 10.1 Å². The van der Waals surface area contributed by atoms with Crippen LogP contribution >= 0.6 is 23.2 Å². The van der Waals surface area contributed by atoms with E-state index in [0.717, 1.165) is 0 Å². The maximum absolute atomic E-state index is 12.7. The second-order valence-corrected chi connectivity index (χ2v) is 7.34. The minimum atomic E-state index is -0.106. The van der Waals surface area contributed by atoms with Crippen LogP contribution in [0.2, 0.25) is 10.0 Å². The number of anilines is 1. The van der Waals surface area contributed by atoms with Crippen LogP contribution < -0.4 is 4.90 Å². The fourth-order valence-corrected chi connectivity index (χ4v) is 3.70. The average molecular weight is 427 g/mol. The van der Waals surface area contributed by atoms with E-state index >= 15 is 0 Å². The molecule has 1 amide bonds. The lowest BCUT2D eigenvalue weighted by Gasteiger charge is -2.34. The van der Waals surface area contributed by atoms with E-state index < -0.39 is 0 Å². The molecule has 146 valence electrons. The molecule has 8 heteroatoms. The van der Waals surface area contributed by atoms with Gasteiger partial charge in [-0.1, -0.05) is 47.5 Å². The zero-order valence-corrected chi connectivity index (χ0v) is 16.8. The summed E-state index contributed by atoms with van der Waals surface area (Å²) >= 11 is 12.4. The quantitative estimate of drug-likeness (QED) is 0.616. The third kappa shape index (κ3) is 3.80. The molecule has 1 aromatic heterocycles. The van der Waals surface area contributed by atoms with Gasteiger partial charge in [-0.15, -0.1) is 0 Å². The summed E-state index contributed by atoms with van der Waals surface area (Å²) in [5, 5.41) is 10.4. The first-order chi connectivity index (χ1) is 14.1. The van der Waals surface area contributed by atoms with Crippen molar-refractivity contribution in [1.29, 1.82) is 5.26 Å². The van der Waals surface area contributed by atoms with E-state index in [2.05, 4.69) is 11.1 Å². The van der Waals surface area contributed by atoms with Crippen LogP contribution in [0, 0.1) is 11.3 Å². The lowest BCUT2D eigenvalue weighted by atomic mass is 10.2. The van der Waals surface area contributed by atoms with E-state index in [-0.39, 0.29) is 11.6 Å². The van der Waals surface area contributed by atoms with Crippen molar-refractivity contribution in [3.05, 3.63) is 69.8 Å². The Hall–Kier alpha value is -3.01. The van der Waals surface area contributed by atoms with E-state index in [4.69, 9.17) is 27.6 Å². The highest BCUT2D eigenvalue weighted by Crippen LogP contribution is 2.32. The number of oxazole rings is 1. The molecule has 0 unspecified atom stereocenters. The maximum atomic E-state index is 12.7. The topological polar surface area (TPSA) is 73.4 Å². The molecule has 1 saturated heterocycles. The summed E-state index contributed by atoms with van der Waals surface area (Å²) in [6, 6.07) is 16.3. The van der Waals surface area contributed by atoms with Crippen LogP contribution in [-0.2, 0) is 0 Å². The van der Waals surface area contributed by atoms with E-state index in [1.54, 1.807) is 41.3 Å². The van der Waals surface area contributed by atoms with E-state index in [0.29, 0.717) is 59.1 Å². The standard InChI is InChI=1S/C21H16Cl2N4O2/c22-16-7-3-1-5-14(16)19-25-18(13-24)21(29-19)27-11-9-26(10-12-27)20(28)15-6-2-4-8-17(15)23/h1-8H,9-12H2. The molecule has 29 heavy (non-hydrogen) atoms. The number of halogens is 2. The van der Waals surface area contributed by atoms with Gasteiger partial charge in [0.25, 0.3) is 5.91 Å². The van der Waals surface area contributed by atoms with Crippen LogP contribution in [0.4, 0.5) is 5.88 Å². The fourth-order valence-electron chi connectivity index (χ4n) is 3.27. The molecule has 2 aromatic carbocycles. The summed E-state index contributed by atoms with van der Waals surface area (Å²) < 4.78 is 5.89. The molecular formula is C21H16Cl2N4O2. The van der Waals surface area contributed by atoms with Gasteiger partial charge in [-0.2, -0.15) is 10.2 Å². The fraction of sp³-hybridized carbons (Fsp3) is 0.190. The zero-order valence-electron chi connectivity index (χ0n) is 15.3. The molecule has 0 spiro atoms. The normalized spacial score (nSPS) is 14.0. The lowest BCUT2D eigenvalue weighted by molar-refractivity contribution is 0.0745. The number of piperazine rings is 1. The highest BCUT2D eigenvalue weighted by atomic mass is 35.5. The predicted molar refractivity (Wildman–Crippen MR) is 111 cm³/mol. The molecule has 2 heterocycles. The van der Waals surface area contributed by atoms with Gasteiger partial charge in [0.05, 0.1) is 21.2 Å². The van der Waals surface area contributed by atoms with Crippen molar-refractivity contribution in [3.63, 3.8) is 0 Å². The summed E-state index contributed by atoms with van der Waals surface area (Å²) in [5.41, 5.74) is 1.32. The van der Waals surface area contributed by atoms with Gasteiger partial charge in [-0.05, 0) is 24.3 Å². The molecule has 0 radical (unpaired) electrons. The zero-order chi connectivity index (χ0) is 20.4. The number of carbonyl (C=O) groups is 1. The number of rotatable bonds is 3. The molecular weight excluding hydrogens is 411 g/mol. The monoisotopic (exact) mass is 426 g/mol. The Labute approximate surface area is 177 Å². The number of carbonyl (C=O) groups excluding carboxylic acids is 1. The van der Waals surface area contributed by atoms with Crippen LogP contribution in [0.1, 0.15) is 16.1 Å². The van der Waals surface area contributed by atoms with Gasteiger partial charge in [0.1, 0.15) is 6.07 Å². The van der Waals surface area contributed by atoms with Crippen LogP contribution in [0.3, 0.4) is 0 Å². The molecule has 0 aliphatic carbocycles. The van der Waals surface area contributed by atoms with Crippen LogP contribution in [0.15, 0.2) is 52.9 Å². The van der Waals surface area contributed by atoms with E-state index in [1.165, 1.54) is 0 Å². The van der Waals surface area contributed by atoms with Gasteiger partial charge in [0, 0.05) is 26.2 Å². The molecule has 0 atom stereocenters. The number of benzene rings is 2. The van der Waals surface area contributed by atoms with Crippen molar-refractivity contribution in [1.82, 2.24) is 9.88 Å². The minimum absolute atomic E-state index is 0.106. The number of nitrogens with zero attached hydrogens (tertiary/aromatic N) is 4. The molecule has 0 N–H and O–H groups in total.